The highest BCUT2D eigenvalue weighted by Gasteiger charge is 2.32. The van der Waals surface area contributed by atoms with E-state index in [4.69, 9.17) is 10.5 Å². The molecule has 1 aliphatic rings. The number of carbonyl (C=O) groups excluding carboxylic acids is 3. The minimum absolute atomic E-state index is 0.157. The van der Waals surface area contributed by atoms with E-state index in [2.05, 4.69) is 5.32 Å². The molecule has 7 heteroatoms. The van der Waals surface area contributed by atoms with Crippen molar-refractivity contribution in [1.29, 1.82) is 0 Å². The average Bonchev–Trinajstić information content (AvgIpc) is 3.03. The van der Waals surface area contributed by atoms with Gasteiger partial charge in [0.05, 0.1) is 13.2 Å². The Hall–Kier alpha value is -2.57. The van der Waals surface area contributed by atoms with E-state index in [1.165, 1.54) is 4.90 Å². The normalized spacial score (nSPS) is 16.9. The van der Waals surface area contributed by atoms with Crippen LogP contribution in [0, 0.1) is 0 Å². The zero-order chi connectivity index (χ0) is 16.8. The Morgan fingerprint density at radius 1 is 1.30 bits per heavy atom. The molecule has 1 atom stereocenters. The van der Waals surface area contributed by atoms with Crippen LogP contribution in [-0.2, 0) is 9.59 Å². The molecule has 0 bridgehead atoms. The quantitative estimate of drug-likeness (QED) is 0.787. The smallest absolute Gasteiger partial charge is 0.251 e. The number of primary amides is 1. The molecule has 1 aromatic carbocycles. The highest BCUT2D eigenvalue weighted by molar-refractivity contribution is 5.97. The summed E-state index contributed by atoms with van der Waals surface area (Å²) in [5.74, 6) is -0.475. The van der Waals surface area contributed by atoms with Gasteiger partial charge in [-0.3, -0.25) is 14.4 Å². The Morgan fingerprint density at radius 3 is 2.61 bits per heavy atom. The SMILES string of the molecule is CCOc1ccc(C(=O)NCC(=O)N2CCCC2C(N)=O)cc1. The molecule has 1 aromatic rings. The first-order chi connectivity index (χ1) is 11.0. The molecule has 7 nitrogen and oxygen atoms in total. The molecule has 1 heterocycles. The highest BCUT2D eigenvalue weighted by Crippen LogP contribution is 2.16. The molecule has 0 aliphatic carbocycles. The van der Waals surface area contributed by atoms with Gasteiger partial charge in [-0.15, -0.1) is 0 Å². The third-order valence-corrected chi connectivity index (χ3v) is 3.73. The summed E-state index contributed by atoms with van der Waals surface area (Å²) in [6, 6.07) is 6.10. The van der Waals surface area contributed by atoms with Gasteiger partial charge in [0, 0.05) is 12.1 Å². The first-order valence-electron chi connectivity index (χ1n) is 7.62. The molecule has 0 radical (unpaired) electrons. The van der Waals surface area contributed by atoms with Crippen molar-refractivity contribution in [3.8, 4) is 5.75 Å². The van der Waals surface area contributed by atoms with Crippen LogP contribution in [0.4, 0.5) is 0 Å². The first kappa shape index (κ1) is 16.8. The van der Waals surface area contributed by atoms with Crippen LogP contribution in [0.3, 0.4) is 0 Å². The van der Waals surface area contributed by atoms with Gasteiger partial charge in [-0.1, -0.05) is 0 Å². The molecule has 2 rings (SSSR count). The van der Waals surface area contributed by atoms with Gasteiger partial charge < -0.3 is 20.7 Å². The number of hydrogen-bond donors (Lipinski definition) is 2. The molecule has 0 spiro atoms. The summed E-state index contributed by atoms with van der Waals surface area (Å²) in [6.07, 6.45) is 1.32. The van der Waals surface area contributed by atoms with E-state index in [0.717, 1.165) is 6.42 Å². The predicted octanol–water partition coefficient (Wildman–Crippen LogP) is 0.291. The van der Waals surface area contributed by atoms with Crippen LogP contribution in [0.5, 0.6) is 5.75 Å². The lowest BCUT2D eigenvalue weighted by Gasteiger charge is -2.22. The number of nitrogens with one attached hydrogen (secondary N) is 1. The van der Waals surface area contributed by atoms with Gasteiger partial charge in [0.15, 0.2) is 0 Å². The minimum atomic E-state index is -0.565. The van der Waals surface area contributed by atoms with Crippen molar-refractivity contribution in [2.45, 2.75) is 25.8 Å². The molecule has 23 heavy (non-hydrogen) atoms. The van der Waals surface area contributed by atoms with E-state index in [1.807, 2.05) is 6.92 Å². The minimum Gasteiger partial charge on any atom is -0.494 e. The zero-order valence-electron chi connectivity index (χ0n) is 13.1. The van der Waals surface area contributed by atoms with Crippen LogP contribution in [0.25, 0.3) is 0 Å². The van der Waals surface area contributed by atoms with Crippen molar-refractivity contribution in [1.82, 2.24) is 10.2 Å². The molecule has 1 fully saturated rings. The number of carbonyl (C=O) groups is 3. The molecular weight excluding hydrogens is 298 g/mol. The fraction of sp³-hybridized carbons (Fsp3) is 0.438. The molecule has 1 aliphatic heterocycles. The van der Waals surface area contributed by atoms with Crippen molar-refractivity contribution in [3.63, 3.8) is 0 Å². The van der Waals surface area contributed by atoms with E-state index in [-0.39, 0.29) is 18.4 Å². The summed E-state index contributed by atoms with van der Waals surface area (Å²) >= 11 is 0. The maximum absolute atomic E-state index is 12.1. The fourth-order valence-electron chi connectivity index (χ4n) is 2.59. The summed E-state index contributed by atoms with van der Waals surface area (Å²) < 4.78 is 5.30. The Balaban J connectivity index is 1.88. The summed E-state index contributed by atoms with van der Waals surface area (Å²) in [5, 5.41) is 2.56. The summed E-state index contributed by atoms with van der Waals surface area (Å²) in [7, 11) is 0. The number of benzene rings is 1. The molecule has 1 unspecified atom stereocenters. The van der Waals surface area contributed by atoms with Gasteiger partial charge in [-0.25, -0.2) is 0 Å². The van der Waals surface area contributed by atoms with Crippen molar-refractivity contribution < 1.29 is 19.1 Å². The number of nitrogens with zero attached hydrogens (tertiary/aromatic N) is 1. The number of rotatable bonds is 6. The maximum atomic E-state index is 12.1. The van der Waals surface area contributed by atoms with Crippen LogP contribution in [0.2, 0.25) is 0 Å². The van der Waals surface area contributed by atoms with Gasteiger partial charge in [-0.05, 0) is 44.0 Å². The molecule has 124 valence electrons. The van der Waals surface area contributed by atoms with E-state index >= 15 is 0 Å². The van der Waals surface area contributed by atoms with Crippen molar-refractivity contribution in [2.24, 2.45) is 5.73 Å². The van der Waals surface area contributed by atoms with Crippen molar-refractivity contribution >= 4 is 17.7 Å². The predicted molar refractivity (Wildman–Crippen MR) is 83.9 cm³/mol. The van der Waals surface area contributed by atoms with Crippen molar-refractivity contribution in [2.75, 3.05) is 19.7 Å². The van der Waals surface area contributed by atoms with Gasteiger partial charge in [0.25, 0.3) is 5.91 Å². The maximum Gasteiger partial charge on any atom is 0.251 e. The van der Waals surface area contributed by atoms with Crippen LogP contribution in [0.15, 0.2) is 24.3 Å². The van der Waals surface area contributed by atoms with Gasteiger partial charge in [0.2, 0.25) is 11.8 Å². The topological polar surface area (TPSA) is 102 Å². The molecule has 3 N–H and O–H groups in total. The molecule has 0 saturated carbocycles. The summed E-state index contributed by atoms with van der Waals surface area (Å²) in [5.41, 5.74) is 5.72. The molecule has 0 aromatic heterocycles. The second kappa shape index (κ2) is 7.62. The largest absolute Gasteiger partial charge is 0.494 e. The zero-order valence-corrected chi connectivity index (χ0v) is 13.1. The monoisotopic (exact) mass is 319 g/mol. The second-order valence-electron chi connectivity index (χ2n) is 5.29. The second-order valence-corrected chi connectivity index (χ2v) is 5.29. The average molecular weight is 319 g/mol. The van der Waals surface area contributed by atoms with Gasteiger partial charge in [-0.2, -0.15) is 0 Å². The van der Waals surface area contributed by atoms with Crippen LogP contribution >= 0.6 is 0 Å². The highest BCUT2D eigenvalue weighted by atomic mass is 16.5. The molecule has 3 amide bonds. The van der Waals surface area contributed by atoms with E-state index in [9.17, 15) is 14.4 Å². The third-order valence-electron chi connectivity index (χ3n) is 3.73. The number of likely N-dealkylation sites (tertiary alicyclic amines) is 1. The lowest BCUT2D eigenvalue weighted by molar-refractivity contribution is -0.136. The first-order valence-corrected chi connectivity index (χ1v) is 7.62. The van der Waals surface area contributed by atoms with E-state index in [0.29, 0.717) is 30.9 Å². The molecule has 1 saturated heterocycles. The van der Waals surface area contributed by atoms with E-state index < -0.39 is 11.9 Å². The number of ether oxygens (including phenoxy) is 1. The fourth-order valence-corrected chi connectivity index (χ4v) is 2.59. The van der Waals surface area contributed by atoms with Crippen LogP contribution in [0.1, 0.15) is 30.1 Å². The summed E-state index contributed by atoms with van der Waals surface area (Å²) in [4.78, 5) is 36.9. The lowest BCUT2D eigenvalue weighted by Crippen LogP contribution is -2.47. The van der Waals surface area contributed by atoms with Gasteiger partial charge >= 0.3 is 0 Å². The Morgan fingerprint density at radius 2 is 2.00 bits per heavy atom. The van der Waals surface area contributed by atoms with E-state index in [1.54, 1.807) is 24.3 Å². The Labute approximate surface area is 134 Å². The number of amides is 3. The number of hydrogen-bond acceptors (Lipinski definition) is 4. The Bertz CT molecular complexity index is 585. The number of nitrogens with two attached hydrogens (primary N) is 1. The standard InChI is InChI=1S/C16H21N3O4/c1-2-23-12-7-5-11(6-8-12)16(22)18-10-14(20)19-9-3-4-13(19)15(17)21/h5-8,13H,2-4,9-10H2,1H3,(H2,17,21)(H,18,22). The lowest BCUT2D eigenvalue weighted by atomic mass is 10.2. The van der Waals surface area contributed by atoms with Crippen molar-refractivity contribution in [3.05, 3.63) is 29.8 Å². The Kier molecular flexibility index (Phi) is 5.56. The third kappa shape index (κ3) is 4.21. The van der Waals surface area contributed by atoms with Crippen LogP contribution in [-0.4, -0.2) is 48.4 Å². The summed E-state index contributed by atoms with van der Waals surface area (Å²) in [6.45, 7) is 2.77. The van der Waals surface area contributed by atoms with Crippen LogP contribution < -0.4 is 15.8 Å². The van der Waals surface area contributed by atoms with Gasteiger partial charge in [0.1, 0.15) is 11.8 Å². The molecular formula is C16H21N3O4.